The molecule has 1 aromatic heterocycles. The minimum atomic E-state index is 0.457. The molecule has 1 aliphatic heterocycles. The fraction of sp³-hybridized carbons (Fsp3) is 0.458. The third-order valence-corrected chi connectivity index (χ3v) is 5.01. The molecule has 0 amide bonds. The first kappa shape index (κ1) is 24.3. The molecule has 0 radical (unpaired) electrons. The molecule has 1 aromatic carbocycles. The van der Waals surface area contributed by atoms with Gasteiger partial charge in [0.2, 0.25) is 5.88 Å². The van der Waals surface area contributed by atoms with Gasteiger partial charge in [-0.25, -0.2) is 0 Å². The average Bonchev–Trinajstić information content (AvgIpc) is 2.84. The summed E-state index contributed by atoms with van der Waals surface area (Å²) in [7, 11) is 1.76. The van der Waals surface area contributed by atoms with Crippen LogP contribution in [0.15, 0.2) is 46.5 Å². The van der Waals surface area contributed by atoms with Crippen molar-refractivity contribution in [1.82, 2.24) is 15.6 Å². The summed E-state index contributed by atoms with van der Waals surface area (Å²) in [5, 5.41) is 10.9. The molecular weight excluding hydrogens is 418 g/mol. The topological polar surface area (TPSA) is 95.4 Å². The summed E-state index contributed by atoms with van der Waals surface area (Å²) < 4.78 is 11.4. The predicted molar refractivity (Wildman–Crippen MR) is 135 cm³/mol. The van der Waals surface area contributed by atoms with Gasteiger partial charge in [-0.2, -0.15) is 10.1 Å². The van der Waals surface area contributed by atoms with Gasteiger partial charge < -0.3 is 25.0 Å². The molecule has 33 heavy (non-hydrogen) atoms. The highest BCUT2D eigenvalue weighted by Crippen LogP contribution is 2.24. The van der Waals surface area contributed by atoms with Crippen LogP contribution in [0.5, 0.6) is 5.88 Å². The number of nitrogens with one attached hydrogen (secondary N) is 3. The molecule has 0 bridgehead atoms. The van der Waals surface area contributed by atoms with Crippen molar-refractivity contribution in [3.05, 3.63) is 47.5 Å². The number of anilines is 2. The van der Waals surface area contributed by atoms with Crippen LogP contribution >= 0.6 is 0 Å². The number of guanidine groups is 1. The fourth-order valence-corrected chi connectivity index (χ4v) is 3.34. The molecule has 1 fully saturated rings. The van der Waals surface area contributed by atoms with Gasteiger partial charge in [0.15, 0.2) is 11.8 Å². The first-order chi connectivity index (χ1) is 16.2. The van der Waals surface area contributed by atoms with Gasteiger partial charge in [0.25, 0.3) is 0 Å². The van der Waals surface area contributed by atoms with Gasteiger partial charge >= 0.3 is 0 Å². The molecule has 0 atom stereocenters. The maximum atomic E-state index is 5.95. The van der Waals surface area contributed by atoms with Crippen molar-refractivity contribution in [2.24, 2.45) is 10.1 Å². The lowest BCUT2D eigenvalue weighted by molar-refractivity contribution is 0.122. The van der Waals surface area contributed by atoms with Crippen molar-refractivity contribution in [1.29, 1.82) is 0 Å². The van der Waals surface area contributed by atoms with Crippen LogP contribution in [0.3, 0.4) is 0 Å². The molecule has 9 nitrogen and oxygen atoms in total. The highest BCUT2D eigenvalue weighted by atomic mass is 16.5. The molecule has 1 saturated heterocycles. The SMILES string of the molecule is CCCNC(=NC)NCCOc1cc(N2CCOCC2)cc(NN=Cc2cccc(C)c2)n1. The van der Waals surface area contributed by atoms with Gasteiger partial charge in [-0.05, 0) is 18.9 Å². The van der Waals surface area contributed by atoms with Crippen molar-refractivity contribution >= 4 is 23.7 Å². The molecule has 9 heteroatoms. The first-order valence-corrected chi connectivity index (χ1v) is 11.5. The zero-order valence-electron chi connectivity index (χ0n) is 19.8. The number of aromatic nitrogens is 1. The van der Waals surface area contributed by atoms with E-state index in [1.54, 1.807) is 13.3 Å². The Hall–Kier alpha value is -3.33. The van der Waals surface area contributed by atoms with Crippen LogP contribution in [0.1, 0.15) is 24.5 Å². The summed E-state index contributed by atoms with van der Waals surface area (Å²) in [5.41, 5.74) is 6.30. The number of hydrazone groups is 1. The van der Waals surface area contributed by atoms with E-state index in [4.69, 9.17) is 9.47 Å². The normalized spacial score (nSPS) is 14.4. The van der Waals surface area contributed by atoms with Gasteiger partial charge in [-0.1, -0.05) is 36.8 Å². The summed E-state index contributed by atoms with van der Waals surface area (Å²) in [6.45, 7) is 9.20. The number of hydrogen-bond acceptors (Lipinski definition) is 7. The van der Waals surface area contributed by atoms with Crippen molar-refractivity contribution in [2.45, 2.75) is 20.3 Å². The van der Waals surface area contributed by atoms with Gasteiger partial charge in [0.1, 0.15) is 6.61 Å². The Morgan fingerprint density at radius 2 is 2.00 bits per heavy atom. The largest absolute Gasteiger partial charge is 0.476 e. The third-order valence-electron chi connectivity index (χ3n) is 5.01. The Balaban J connectivity index is 1.64. The van der Waals surface area contributed by atoms with E-state index in [1.807, 2.05) is 24.3 Å². The quantitative estimate of drug-likeness (QED) is 0.220. The van der Waals surface area contributed by atoms with Crippen LogP contribution in [0.2, 0.25) is 0 Å². The minimum absolute atomic E-state index is 0.457. The van der Waals surface area contributed by atoms with E-state index in [-0.39, 0.29) is 0 Å². The Labute approximate surface area is 196 Å². The number of morpholine rings is 1. The molecule has 2 heterocycles. The van der Waals surface area contributed by atoms with E-state index in [9.17, 15) is 0 Å². The number of pyridine rings is 1. The van der Waals surface area contributed by atoms with Gasteiger partial charge in [0.05, 0.1) is 26.0 Å². The maximum Gasteiger partial charge on any atom is 0.217 e. The smallest absolute Gasteiger partial charge is 0.217 e. The molecule has 178 valence electrons. The summed E-state index contributed by atoms with van der Waals surface area (Å²) in [6.07, 6.45) is 2.83. The number of aliphatic imine (C=N–C) groups is 1. The van der Waals surface area contributed by atoms with Crippen LogP contribution < -0.4 is 25.7 Å². The standard InChI is InChI=1S/C24H35N7O2/c1-4-8-26-24(25-3)27-9-12-33-23-17-21(31-10-13-32-14-11-31)16-22(29-23)30-28-18-20-7-5-6-19(2)15-20/h5-7,15-18H,4,8-14H2,1-3H3,(H,29,30)(H2,25,26,27). The van der Waals surface area contributed by atoms with Gasteiger partial charge in [-0.3, -0.25) is 10.4 Å². The number of rotatable bonds is 10. The van der Waals surface area contributed by atoms with Crippen LogP contribution in [0, 0.1) is 6.92 Å². The molecular formula is C24H35N7O2. The Morgan fingerprint density at radius 1 is 1.18 bits per heavy atom. The van der Waals surface area contributed by atoms with Crippen molar-refractivity contribution < 1.29 is 9.47 Å². The fourth-order valence-electron chi connectivity index (χ4n) is 3.34. The zero-order chi connectivity index (χ0) is 23.3. The molecule has 0 aliphatic carbocycles. The summed E-state index contributed by atoms with van der Waals surface area (Å²) in [5.74, 6) is 1.94. The summed E-state index contributed by atoms with van der Waals surface area (Å²) in [4.78, 5) is 11.1. The van der Waals surface area contributed by atoms with Crippen LogP contribution in [0.4, 0.5) is 11.5 Å². The number of aryl methyl sites for hydroxylation is 1. The van der Waals surface area contributed by atoms with Crippen LogP contribution in [-0.2, 0) is 4.74 Å². The first-order valence-electron chi connectivity index (χ1n) is 11.5. The Morgan fingerprint density at radius 3 is 2.76 bits per heavy atom. The zero-order valence-corrected chi connectivity index (χ0v) is 19.8. The van der Waals surface area contributed by atoms with E-state index >= 15 is 0 Å². The highest BCUT2D eigenvalue weighted by Gasteiger charge is 2.14. The molecule has 3 rings (SSSR count). The maximum absolute atomic E-state index is 5.95. The molecule has 0 unspecified atom stereocenters. The molecule has 0 saturated carbocycles. The van der Waals surface area contributed by atoms with Crippen LogP contribution in [-0.4, -0.2) is 70.2 Å². The number of benzene rings is 1. The molecule has 2 aromatic rings. The predicted octanol–water partition coefficient (Wildman–Crippen LogP) is 2.63. The molecule has 0 spiro atoms. The average molecular weight is 454 g/mol. The number of ether oxygens (including phenoxy) is 2. The van der Waals surface area contributed by atoms with Crippen molar-refractivity contribution in [2.75, 3.05) is 63.4 Å². The summed E-state index contributed by atoms with van der Waals surface area (Å²) >= 11 is 0. The van der Waals surface area contributed by atoms with E-state index in [2.05, 4.69) is 62.0 Å². The Bertz CT molecular complexity index is 927. The number of nitrogens with zero attached hydrogens (tertiary/aromatic N) is 4. The second kappa shape index (κ2) is 13.3. The van der Waals surface area contributed by atoms with Crippen molar-refractivity contribution in [3.8, 4) is 5.88 Å². The van der Waals surface area contributed by atoms with Crippen LogP contribution in [0.25, 0.3) is 0 Å². The monoisotopic (exact) mass is 453 g/mol. The van der Waals surface area contributed by atoms with Gasteiger partial charge in [0, 0.05) is 44.5 Å². The van der Waals surface area contributed by atoms with E-state index in [0.29, 0.717) is 38.1 Å². The highest BCUT2D eigenvalue weighted by molar-refractivity contribution is 5.80. The third kappa shape index (κ3) is 8.27. The van der Waals surface area contributed by atoms with E-state index < -0.39 is 0 Å². The Kier molecular flexibility index (Phi) is 9.78. The molecule has 3 N–H and O–H groups in total. The lowest BCUT2D eigenvalue weighted by Crippen LogP contribution is -2.39. The van der Waals surface area contributed by atoms with Gasteiger partial charge in [-0.15, -0.1) is 0 Å². The lowest BCUT2D eigenvalue weighted by atomic mass is 10.2. The molecule has 1 aliphatic rings. The minimum Gasteiger partial charge on any atom is -0.476 e. The van der Waals surface area contributed by atoms with E-state index in [0.717, 1.165) is 43.3 Å². The second-order valence-corrected chi connectivity index (χ2v) is 7.71. The second-order valence-electron chi connectivity index (χ2n) is 7.71. The summed E-state index contributed by atoms with van der Waals surface area (Å²) in [6, 6.07) is 12.1. The lowest BCUT2D eigenvalue weighted by Gasteiger charge is -2.29. The number of hydrogen-bond donors (Lipinski definition) is 3. The van der Waals surface area contributed by atoms with Crippen molar-refractivity contribution in [3.63, 3.8) is 0 Å². The van der Waals surface area contributed by atoms with E-state index in [1.165, 1.54) is 5.56 Å².